The molecule has 4 aromatic heterocycles. The molecule has 5 heteroatoms. The molecule has 0 unspecified atom stereocenters. The molecule has 0 atom stereocenters. The lowest BCUT2D eigenvalue weighted by atomic mass is 9.94. The molecule has 57 heavy (non-hydrogen) atoms. The number of nitrogens with zero attached hydrogens (tertiary/aromatic N) is 4. The number of hydrogen-bond acceptors (Lipinski definition) is 4. The zero-order valence-corrected chi connectivity index (χ0v) is 31.6. The highest BCUT2D eigenvalue weighted by atomic mass is 32.3. The largest absolute Gasteiger partial charge is 0.255 e. The van der Waals surface area contributed by atoms with Crippen molar-refractivity contribution in [1.29, 1.82) is 0 Å². The predicted molar refractivity (Wildman–Crippen MR) is 233 cm³/mol. The summed E-state index contributed by atoms with van der Waals surface area (Å²) in [7, 11) is -1.68. The molecule has 0 spiro atoms. The second kappa shape index (κ2) is 13.5. The molecule has 0 bridgehead atoms. The lowest BCUT2D eigenvalue weighted by molar-refractivity contribution is 1.26. The predicted octanol–water partition coefficient (Wildman–Crippen LogP) is 13.6. The van der Waals surface area contributed by atoms with Crippen molar-refractivity contribution in [3.05, 3.63) is 207 Å². The molecule has 0 saturated carbocycles. The third kappa shape index (κ3) is 5.39. The fraction of sp³-hybridized carbons (Fsp3) is 0. The van der Waals surface area contributed by atoms with Crippen LogP contribution in [0.5, 0.6) is 0 Å². The van der Waals surface area contributed by atoms with Gasteiger partial charge in [0.15, 0.2) is 0 Å². The van der Waals surface area contributed by atoms with Crippen LogP contribution in [0, 0.1) is 0 Å². The van der Waals surface area contributed by atoms with Crippen LogP contribution in [-0.4, -0.2) is 19.9 Å². The number of pyridine rings is 4. The average Bonchev–Trinajstić information content (AvgIpc) is 3.60. The van der Waals surface area contributed by atoms with Crippen LogP contribution in [0.25, 0.3) is 78.0 Å². The second-order valence-corrected chi connectivity index (χ2v) is 17.3. The highest BCUT2D eigenvalue weighted by molar-refractivity contribution is 8.34. The van der Waals surface area contributed by atoms with E-state index in [-0.39, 0.29) is 0 Å². The Morgan fingerprint density at radius 2 is 0.895 bits per heavy atom. The van der Waals surface area contributed by atoms with Crippen molar-refractivity contribution in [2.24, 2.45) is 0 Å². The first-order valence-electron chi connectivity index (χ1n) is 19.1. The van der Waals surface area contributed by atoms with Gasteiger partial charge in [-0.05, 0) is 124 Å². The van der Waals surface area contributed by atoms with Crippen LogP contribution in [0.1, 0.15) is 0 Å². The standard InChI is InChI=1S/C52H34N4S/c1-3-13-39(14-4-1)57(40-15-5-2-6-16-40)49-20-8-7-17-41(49)44-33-37(26-30-50(44)57)35-21-23-36(24-22-35)43-34-38-25-28-47(45-18-9-11-31-53-45)55-51(38)52-42(43)27-29-48(56-52)46-19-10-12-32-54-46/h1-34H. The van der Waals surface area contributed by atoms with Crippen LogP contribution in [0.2, 0.25) is 0 Å². The fourth-order valence-electron chi connectivity index (χ4n) is 8.42. The third-order valence-electron chi connectivity index (χ3n) is 11.0. The minimum absolute atomic E-state index is 0.811. The number of rotatable bonds is 6. The summed E-state index contributed by atoms with van der Waals surface area (Å²) < 4.78 is 0. The van der Waals surface area contributed by atoms with Gasteiger partial charge in [0.25, 0.3) is 0 Å². The van der Waals surface area contributed by atoms with E-state index in [2.05, 4.69) is 162 Å². The zero-order chi connectivity index (χ0) is 37.8. The maximum atomic E-state index is 5.22. The van der Waals surface area contributed by atoms with Crippen molar-refractivity contribution in [1.82, 2.24) is 19.9 Å². The summed E-state index contributed by atoms with van der Waals surface area (Å²) in [5.41, 5.74) is 12.2. The lowest BCUT2D eigenvalue weighted by Gasteiger charge is -2.39. The Labute approximate surface area is 332 Å². The van der Waals surface area contributed by atoms with E-state index >= 15 is 0 Å². The molecule has 0 fully saturated rings. The topological polar surface area (TPSA) is 51.6 Å². The van der Waals surface area contributed by atoms with Crippen LogP contribution in [0.15, 0.2) is 226 Å². The Hall–Kier alpha value is -7.21. The van der Waals surface area contributed by atoms with Crippen molar-refractivity contribution in [3.8, 4) is 56.2 Å². The first-order valence-corrected chi connectivity index (χ1v) is 20.7. The Morgan fingerprint density at radius 1 is 0.333 bits per heavy atom. The summed E-state index contributed by atoms with van der Waals surface area (Å²) in [5, 5.41) is 2.06. The van der Waals surface area contributed by atoms with E-state index in [0.717, 1.165) is 55.7 Å². The van der Waals surface area contributed by atoms with Gasteiger partial charge in [-0.2, -0.15) is 0 Å². The number of aromatic nitrogens is 4. The van der Waals surface area contributed by atoms with Crippen molar-refractivity contribution in [2.75, 3.05) is 0 Å². The molecule has 0 aliphatic carbocycles. The first-order chi connectivity index (χ1) is 28.3. The van der Waals surface area contributed by atoms with E-state index in [1.807, 2.05) is 42.5 Å². The molecule has 0 N–H and O–H groups in total. The minimum Gasteiger partial charge on any atom is -0.255 e. The maximum Gasteiger partial charge on any atom is 0.0979 e. The summed E-state index contributed by atoms with van der Waals surface area (Å²) in [6.45, 7) is 0. The van der Waals surface area contributed by atoms with Crippen molar-refractivity contribution in [3.63, 3.8) is 0 Å². The molecule has 6 aromatic carbocycles. The van der Waals surface area contributed by atoms with Crippen LogP contribution >= 0.6 is 10.0 Å². The Morgan fingerprint density at radius 3 is 1.56 bits per heavy atom. The maximum absolute atomic E-state index is 5.22. The van der Waals surface area contributed by atoms with Crippen LogP contribution < -0.4 is 0 Å². The number of fused-ring (bicyclic) bond motifs is 6. The molecule has 1 aliphatic heterocycles. The molecule has 10 aromatic rings. The highest BCUT2D eigenvalue weighted by Gasteiger charge is 2.41. The van der Waals surface area contributed by atoms with E-state index in [9.17, 15) is 0 Å². The summed E-state index contributed by atoms with van der Waals surface area (Å²) in [4.78, 5) is 25.0. The van der Waals surface area contributed by atoms with Gasteiger partial charge < -0.3 is 0 Å². The van der Waals surface area contributed by atoms with Crippen molar-refractivity contribution >= 4 is 31.8 Å². The molecular formula is C52H34N4S. The van der Waals surface area contributed by atoms with Gasteiger partial charge in [0.05, 0.1) is 33.8 Å². The smallest absolute Gasteiger partial charge is 0.0979 e. The molecule has 0 radical (unpaired) electrons. The number of hydrogen-bond donors (Lipinski definition) is 0. The van der Waals surface area contributed by atoms with E-state index in [4.69, 9.17) is 9.97 Å². The summed E-state index contributed by atoms with van der Waals surface area (Å²) >= 11 is 0. The summed E-state index contributed by atoms with van der Waals surface area (Å²) in [5.74, 6) is 0. The SMILES string of the molecule is c1ccc(S2(c3ccccc3)c3ccccc3-c3cc(-c4ccc(-c5cc6ccc(-c7ccccn7)nc6c6nc(-c7ccccn7)ccc56)cc4)ccc32)cc1. The molecule has 268 valence electrons. The molecular weight excluding hydrogens is 713 g/mol. The highest BCUT2D eigenvalue weighted by Crippen LogP contribution is 2.80. The van der Waals surface area contributed by atoms with Crippen LogP contribution in [0.4, 0.5) is 0 Å². The van der Waals surface area contributed by atoms with E-state index in [1.54, 1.807) is 12.4 Å². The van der Waals surface area contributed by atoms with Gasteiger partial charge >= 0.3 is 0 Å². The minimum atomic E-state index is -1.68. The van der Waals surface area contributed by atoms with Crippen LogP contribution in [0.3, 0.4) is 0 Å². The van der Waals surface area contributed by atoms with Gasteiger partial charge in [0, 0.05) is 42.7 Å². The normalized spacial score (nSPS) is 13.3. The van der Waals surface area contributed by atoms with E-state index in [0.29, 0.717) is 0 Å². The van der Waals surface area contributed by atoms with Gasteiger partial charge in [0.1, 0.15) is 0 Å². The lowest BCUT2D eigenvalue weighted by Crippen LogP contribution is -2.01. The van der Waals surface area contributed by atoms with Gasteiger partial charge in [0.2, 0.25) is 0 Å². The van der Waals surface area contributed by atoms with Crippen molar-refractivity contribution < 1.29 is 0 Å². The zero-order valence-electron chi connectivity index (χ0n) is 30.8. The Kier molecular flexibility index (Phi) is 7.86. The molecule has 1 aliphatic rings. The fourth-order valence-corrected chi connectivity index (χ4v) is 12.6. The molecule has 11 rings (SSSR count). The average molecular weight is 747 g/mol. The second-order valence-electron chi connectivity index (χ2n) is 14.2. The van der Waals surface area contributed by atoms with Gasteiger partial charge in [-0.1, -0.05) is 103 Å². The Balaban J connectivity index is 1.04. The molecule has 5 heterocycles. The van der Waals surface area contributed by atoms with Crippen LogP contribution in [-0.2, 0) is 0 Å². The first kappa shape index (κ1) is 33.2. The molecule has 4 nitrogen and oxygen atoms in total. The van der Waals surface area contributed by atoms with E-state index < -0.39 is 10.0 Å². The summed E-state index contributed by atoms with van der Waals surface area (Å²) in [6.07, 6.45) is 3.60. The number of benzene rings is 6. The van der Waals surface area contributed by atoms with Gasteiger partial charge in [-0.25, -0.2) is 9.97 Å². The molecule has 0 saturated heterocycles. The monoisotopic (exact) mass is 746 g/mol. The van der Waals surface area contributed by atoms with E-state index in [1.165, 1.54) is 41.8 Å². The quantitative estimate of drug-likeness (QED) is 0.159. The van der Waals surface area contributed by atoms with Gasteiger partial charge in [-0.3, -0.25) is 9.97 Å². The summed E-state index contributed by atoms with van der Waals surface area (Å²) in [6, 6.07) is 69.7. The molecule has 0 amide bonds. The van der Waals surface area contributed by atoms with Crippen molar-refractivity contribution in [2.45, 2.75) is 19.6 Å². The van der Waals surface area contributed by atoms with Gasteiger partial charge in [-0.15, -0.1) is 10.0 Å². The third-order valence-corrected chi connectivity index (χ3v) is 15.0. The Bertz CT molecular complexity index is 3060.